The fourth-order valence-electron chi connectivity index (χ4n) is 0. The van der Waals surface area contributed by atoms with Crippen LogP contribution in [0.25, 0.3) is 0 Å². The first kappa shape index (κ1) is 3.39. The lowest BCUT2D eigenvalue weighted by Gasteiger charge is -1.24. The topological polar surface area (TPSA) is 0 Å². The molecule has 0 bridgehead atoms. The molecule has 0 aliphatic carbocycles. The van der Waals surface area contributed by atoms with Crippen molar-refractivity contribution >= 4 is 0 Å². The fraction of sp³-hybridized carbons (Fsp3) is 0. The van der Waals surface area contributed by atoms with Gasteiger partial charge in [0.05, 0.1) is 6.08 Å². The van der Waals surface area contributed by atoms with Crippen LogP contribution in [0.4, 0.5) is 0 Å². The van der Waals surface area contributed by atoms with Crippen LogP contribution in [0.2, 0.25) is 0 Å². The van der Waals surface area contributed by atoms with Crippen LogP contribution in [-0.2, 0) is 0 Å². The van der Waals surface area contributed by atoms with E-state index in [4.69, 9.17) is 6.58 Å². The molecule has 0 N–H and O–H groups in total. The highest BCUT2D eigenvalue weighted by atomic mass is 13.4. The van der Waals surface area contributed by atoms with Crippen molar-refractivity contribution in [3.63, 3.8) is 0 Å². The first-order valence-corrected chi connectivity index (χ1v) is 1.03. The van der Waals surface area contributed by atoms with Crippen LogP contribution in [-0.4, -0.2) is 0 Å². The van der Waals surface area contributed by atoms with E-state index in [1.165, 1.54) is 6.08 Å². The molecule has 0 aliphatic rings. The molecule has 0 amide bonds. The Kier molecular flexibility index (Phi) is 2.03. The lowest BCUT2D eigenvalue weighted by atomic mass is 10.6. The summed E-state index contributed by atoms with van der Waals surface area (Å²) < 4.78 is 0. The van der Waals surface area contributed by atoms with Crippen LogP contribution < -0.4 is 0 Å². The molecule has 0 rings (SSSR count). The van der Waals surface area contributed by atoms with E-state index < -0.39 is 0 Å². The van der Waals surface area contributed by atoms with E-state index in [-0.39, 0.29) is 0 Å². The van der Waals surface area contributed by atoms with Crippen molar-refractivity contribution in [1.29, 1.82) is 0 Å². The molecule has 0 saturated heterocycles. The van der Waals surface area contributed by atoms with Gasteiger partial charge in [0.1, 0.15) is 0 Å². The maximum atomic E-state index is 6.21. The molecule has 0 aromatic carbocycles. The first-order valence-electron chi connectivity index (χ1n) is 1.03. The monoisotopic (exact) mass is 52.0 g/mol. The van der Waals surface area contributed by atoms with E-state index in [1.807, 2.05) is 0 Å². The van der Waals surface area contributed by atoms with Crippen LogP contribution in [0.15, 0.2) is 18.7 Å². The standard InChI is InChI=1S/C4H4/c1-3-4-2/h3-4H,1H2/q+1. The zero-order valence-electron chi connectivity index (χ0n) is 2.36. The van der Waals surface area contributed by atoms with Gasteiger partial charge in [-0.1, -0.05) is 0 Å². The Morgan fingerprint density at radius 2 is 2.00 bits per heavy atom. The third kappa shape index (κ3) is 1.39. The van der Waals surface area contributed by atoms with Gasteiger partial charge in [-0.05, 0) is 6.58 Å². The van der Waals surface area contributed by atoms with Crippen LogP contribution in [0.5, 0.6) is 0 Å². The minimum atomic E-state index is 1.14. The molecule has 0 unspecified atom stereocenters. The summed E-state index contributed by atoms with van der Waals surface area (Å²) in [6.07, 6.45) is 2.56. The second-order valence-corrected chi connectivity index (χ2v) is 0.402. The van der Waals surface area contributed by atoms with Crippen molar-refractivity contribution in [2.75, 3.05) is 0 Å². The normalized spacial score (nSPS) is 4.75. The lowest BCUT2D eigenvalue weighted by Crippen LogP contribution is -1.22. The molecule has 0 heterocycles. The van der Waals surface area contributed by atoms with Gasteiger partial charge in [-0.3, -0.25) is 0 Å². The zero-order valence-corrected chi connectivity index (χ0v) is 2.36. The van der Waals surface area contributed by atoms with Crippen molar-refractivity contribution in [1.82, 2.24) is 0 Å². The van der Waals surface area contributed by atoms with E-state index in [0.717, 1.165) is 6.08 Å². The number of hydrogen-bond donors (Lipinski definition) is 0. The van der Waals surface area contributed by atoms with E-state index in [0.29, 0.717) is 0 Å². The van der Waals surface area contributed by atoms with Gasteiger partial charge in [0.15, 0.2) is 6.08 Å². The van der Waals surface area contributed by atoms with E-state index in [2.05, 4.69) is 6.58 Å². The highest BCUT2D eigenvalue weighted by Crippen LogP contribution is 1.51. The van der Waals surface area contributed by atoms with Gasteiger partial charge in [0, 0.05) is 0 Å². The molecule has 0 spiro atoms. The van der Waals surface area contributed by atoms with Crippen LogP contribution in [0.1, 0.15) is 0 Å². The largest absolute Gasteiger partial charge is 0.273 e. The van der Waals surface area contributed by atoms with Gasteiger partial charge in [-0.2, -0.15) is 0 Å². The lowest BCUT2D eigenvalue weighted by molar-refractivity contribution is 2.11. The average molecular weight is 52.1 g/mol. The maximum absolute atomic E-state index is 6.21. The summed E-state index contributed by atoms with van der Waals surface area (Å²) in [5.41, 5.74) is 0. The molecule has 0 aliphatic heterocycles. The molecule has 0 aromatic rings. The van der Waals surface area contributed by atoms with E-state index in [1.54, 1.807) is 0 Å². The summed E-state index contributed by atoms with van der Waals surface area (Å²) in [4.78, 5) is 0. The summed E-state index contributed by atoms with van der Waals surface area (Å²) in [5.74, 6) is 0. The summed E-state index contributed by atoms with van der Waals surface area (Å²) in [7, 11) is 0. The summed E-state index contributed by atoms with van der Waals surface area (Å²) in [5, 5.41) is 0. The molecule has 0 nitrogen and oxygen atoms in total. The van der Waals surface area contributed by atoms with Crippen LogP contribution in [0, 0.1) is 6.58 Å². The molecule has 0 fully saturated rings. The predicted octanol–water partition coefficient (Wildman–Crippen LogP) is 1.04. The first-order chi connectivity index (χ1) is 1.91. The highest BCUT2D eigenvalue weighted by molar-refractivity contribution is 4.86. The molecule has 0 aromatic heterocycles. The second kappa shape index (κ2) is 2.39. The van der Waals surface area contributed by atoms with Gasteiger partial charge in [0.25, 0.3) is 6.58 Å². The van der Waals surface area contributed by atoms with Gasteiger partial charge in [0.2, 0.25) is 0 Å². The average Bonchev–Trinajstić information content (AvgIpc) is 1.37. The maximum Gasteiger partial charge on any atom is 0.273 e. The third-order valence-electron chi connectivity index (χ3n) is 0.118. The highest BCUT2D eigenvalue weighted by Gasteiger charge is 1.51. The van der Waals surface area contributed by atoms with Crippen LogP contribution >= 0.6 is 0 Å². The minimum absolute atomic E-state index is 1.14. The Labute approximate surface area is 26.5 Å². The summed E-state index contributed by atoms with van der Waals surface area (Å²) >= 11 is 0. The second-order valence-electron chi connectivity index (χ2n) is 0.402. The van der Waals surface area contributed by atoms with Crippen molar-refractivity contribution < 1.29 is 0 Å². The van der Waals surface area contributed by atoms with Gasteiger partial charge in [-0.15, -0.1) is 0 Å². The quantitative estimate of drug-likeness (QED) is 0.309. The zero-order chi connectivity index (χ0) is 3.41. The van der Waals surface area contributed by atoms with Gasteiger partial charge >= 0.3 is 0 Å². The molecular weight excluding hydrogens is 48.0 g/mol. The molecule has 1 radical (unpaired) electrons. The smallest absolute Gasteiger partial charge is 0.0144 e. The Morgan fingerprint density at radius 1 is 1.75 bits per heavy atom. The molecule has 19 valence electrons. The molecule has 4 heavy (non-hydrogen) atoms. The van der Waals surface area contributed by atoms with Gasteiger partial charge < -0.3 is 0 Å². The number of hydrogen-bond acceptors (Lipinski definition) is 0. The number of allylic oxidation sites excluding steroid dienone is 2. The van der Waals surface area contributed by atoms with Crippen molar-refractivity contribution in [3.8, 4) is 0 Å². The molecular formula is C4H4+. The Morgan fingerprint density at radius 3 is 2.00 bits per heavy atom. The van der Waals surface area contributed by atoms with E-state index >= 15 is 0 Å². The van der Waals surface area contributed by atoms with Gasteiger partial charge in [-0.25, -0.2) is 0 Å². The van der Waals surface area contributed by atoms with Crippen molar-refractivity contribution in [2.45, 2.75) is 0 Å². The molecule has 0 atom stereocenters. The third-order valence-corrected chi connectivity index (χ3v) is 0.118. The Balaban J connectivity index is 2.73. The Hall–Kier alpha value is -0.610. The van der Waals surface area contributed by atoms with E-state index in [9.17, 15) is 0 Å². The Bertz CT molecular complexity index is 21.0. The minimum Gasteiger partial charge on any atom is -0.0144 e. The SMILES string of the molecule is [C+]=CC=C. The number of rotatable bonds is 1. The summed E-state index contributed by atoms with van der Waals surface area (Å²) in [6.45, 7) is 9.44. The van der Waals surface area contributed by atoms with Crippen LogP contribution in [0.3, 0.4) is 0 Å². The molecule has 0 heteroatoms. The predicted molar refractivity (Wildman–Crippen MR) is 18.0 cm³/mol. The summed E-state index contributed by atoms with van der Waals surface area (Å²) in [6, 6.07) is 0. The fourth-order valence-corrected chi connectivity index (χ4v) is 0. The van der Waals surface area contributed by atoms with Crippen molar-refractivity contribution in [3.05, 3.63) is 25.3 Å². The van der Waals surface area contributed by atoms with Crippen molar-refractivity contribution in [2.24, 2.45) is 0 Å². The molecule has 0 saturated carbocycles.